The van der Waals surface area contributed by atoms with Crippen molar-refractivity contribution in [2.75, 3.05) is 19.6 Å². The van der Waals surface area contributed by atoms with Gasteiger partial charge in [-0.25, -0.2) is 12.7 Å². The smallest absolute Gasteiger partial charge is 0.304 e. The molecule has 1 aromatic rings. The van der Waals surface area contributed by atoms with Gasteiger partial charge in [0, 0.05) is 36.9 Å². The van der Waals surface area contributed by atoms with Crippen molar-refractivity contribution in [2.45, 2.75) is 49.7 Å². The maximum Gasteiger partial charge on any atom is 0.304 e. The minimum atomic E-state index is -3.10. The molecule has 0 aromatic carbocycles. The maximum atomic E-state index is 12.3. The number of hydrogen-bond donors (Lipinski definition) is 2. The third-order valence-electron chi connectivity index (χ3n) is 5.27. The summed E-state index contributed by atoms with van der Waals surface area (Å²) < 4.78 is 26.1. The van der Waals surface area contributed by atoms with Gasteiger partial charge in [-0.15, -0.1) is 11.3 Å². The molecule has 0 bridgehead atoms. The molecule has 2 fully saturated rings. The highest BCUT2D eigenvalue weighted by Crippen LogP contribution is 2.33. The van der Waals surface area contributed by atoms with Crippen molar-refractivity contribution in [3.8, 4) is 0 Å². The van der Waals surface area contributed by atoms with Crippen molar-refractivity contribution < 1.29 is 23.1 Å². The number of aliphatic carboxylic acids is 1. The number of piperidine rings is 1. The normalized spacial score (nSPS) is 20.3. The van der Waals surface area contributed by atoms with Gasteiger partial charge in [0.25, 0.3) is 0 Å². The van der Waals surface area contributed by atoms with Gasteiger partial charge in [-0.3, -0.25) is 9.59 Å². The number of hydrogen-bond acceptors (Lipinski definition) is 5. The molecule has 27 heavy (non-hydrogen) atoms. The fourth-order valence-electron chi connectivity index (χ4n) is 3.51. The molecular formula is C18H26N2O5S2. The summed E-state index contributed by atoms with van der Waals surface area (Å²) in [7, 11) is -3.10. The molecule has 2 aliphatic rings. The standard InChI is InChI=1S/C18H26N2O5S2/c21-17(10-14(11-18(22)23)16-2-1-9-26-16)19-12-13-5-7-20(8-6-13)27(24,25)15-3-4-15/h1-2,9,13-15H,3-8,10-12H2,(H,19,21)(H,22,23). The maximum absolute atomic E-state index is 12.3. The third kappa shape index (κ3) is 5.52. The van der Waals surface area contributed by atoms with E-state index in [4.69, 9.17) is 5.11 Å². The van der Waals surface area contributed by atoms with Crippen LogP contribution in [0.15, 0.2) is 17.5 Å². The van der Waals surface area contributed by atoms with E-state index in [1.165, 1.54) is 11.3 Å². The first-order valence-electron chi connectivity index (χ1n) is 9.37. The van der Waals surface area contributed by atoms with Crippen molar-refractivity contribution >= 4 is 33.2 Å². The van der Waals surface area contributed by atoms with Crippen molar-refractivity contribution in [1.29, 1.82) is 0 Å². The van der Waals surface area contributed by atoms with Gasteiger partial charge in [0.2, 0.25) is 15.9 Å². The van der Waals surface area contributed by atoms with E-state index in [9.17, 15) is 18.0 Å². The zero-order chi connectivity index (χ0) is 19.4. The summed E-state index contributed by atoms with van der Waals surface area (Å²) in [6.45, 7) is 1.56. The molecule has 9 heteroatoms. The van der Waals surface area contributed by atoms with E-state index in [-0.39, 0.29) is 35.8 Å². The predicted molar refractivity (Wildman–Crippen MR) is 103 cm³/mol. The van der Waals surface area contributed by atoms with Gasteiger partial charge in [-0.2, -0.15) is 0 Å². The molecular weight excluding hydrogens is 388 g/mol. The average molecular weight is 415 g/mol. The Kier molecular flexibility index (Phi) is 6.54. The van der Waals surface area contributed by atoms with Gasteiger partial charge in [0.15, 0.2) is 0 Å². The van der Waals surface area contributed by atoms with Gasteiger partial charge >= 0.3 is 5.97 Å². The third-order valence-corrected chi connectivity index (χ3v) is 8.70. The summed E-state index contributed by atoms with van der Waals surface area (Å²) in [6.07, 6.45) is 3.14. The zero-order valence-corrected chi connectivity index (χ0v) is 16.8. The SMILES string of the molecule is O=C(O)CC(CC(=O)NCC1CCN(S(=O)(=O)C2CC2)CC1)c1cccs1. The Labute approximate surface area is 163 Å². The number of carbonyl (C=O) groups excluding carboxylic acids is 1. The molecule has 150 valence electrons. The summed E-state index contributed by atoms with van der Waals surface area (Å²) in [5.41, 5.74) is 0. The van der Waals surface area contributed by atoms with E-state index in [2.05, 4.69) is 5.32 Å². The lowest BCUT2D eigenvalue weighted by molar-refractivity contribution is -0.137. The van der Waals surface area contributed by atoms with E-state index in [1.807, 2.05) is 17.5 Å². The van der Waals surface area contributed by atoms with Crippen LogP contribution >= 0.6 is 11.3 Å². The first-order chi connectivity index (χ1) is 12.9. The number of nitrogens with zero attached hydrogens (tertiary/aromatic N) is 1. The molecule has 1 aromatic heterocycles. The van der Waals surface area contributed by atoms with Gasteiger partial charge in [-0.1, -0.05) is 6.07 Å². The van der Waals surface area contributed by atoms with Gasteiger partial charge in [-0.05, 0) is 43.0 Å². The molecule has 0 radical (unpaired) electrons. The van der Waals surface area contributed by atoms with Crippen molar-refractivity contribution in [3.05, 3.63) is 22.4 Å². The zero-order valence-electron chi connectivity index (χ0n) is 15.2. The predicted octanol–water partition coefficient (Wildman–Crippen LogP) is 2.02. The highest BCUT2D eigenvalue weighted by molar-refractivity contribution is 7.90. The number of amides is 1. The van der Waals surface area contributed by atoms with E-state index >= 15 is 0 Å². The number of sulfonamides is 1. The molecule has 1 atom stereocenters. The molecule has 2 N–H and O–H groups in total. The van der Waals surface area contributed by atoms with Crippen molar-refractivity contribution in [2.24, 2.45) is 5.92 Å². The number of carboxylic acids is 1. The van der Waals surface area contributed by atoms with E-state index in [0.29, 0.717) is 19.6 Å². The molecule has 7 nitrogen and oxygen atoms in total. The van der Waals surface area contributed by atoms with Crippen LogP contribution in [0.2, 0.25) is 0 Å². The van der Waals surface area contributed by atoms with Crippen LogP contribution in [0.25, 0.3) is 0 Å². The Morgan fingerprint density at radius 3 is 2.48 bits per heavy atom. The van der Waals surface area contributed by atoms with Crippen LogP contribution in [0.4, 0.5) is 0 Å². The van der Waals surface area contributed by atoms with Crippen LogP contribution in [0, 0.1) is 5.92 Å². The van der Waals surface area contributed by atoms with Crippen LogP contribution < -0.4 is 5.32 Å². The number of carbonyl (C=O) groups is 2. The molecule has 2 heterocycles. The van der Waals surface area contributed by atoms with Crippen LogP contribution in [0.3, 0.4) is 0 Å². The Balaban J connectivity index is 1.43. The molecule has 1 amide bonds. The monoisotopic (exact) mass is 414 g/mol. The minimum absolute atomic E-state index is 0.0641. The van der Waals surface area contributed by atoms with Crippen LogP contribution in [-0.2, 0) is 19.6 Å². The van der Waals surface area contributed by atoms with E-state index in [0.717, 1.165) is 30.6 Å². The van der Waals surface area contributed by atoms with Crippen molar-refractivity contribution in [1.82, 2.24) is 9.62 Å². The molecule has 1 saturated heterocycles. The Morgan fingerprint density at radius 2 is 1.93 bits per heavy atom. The number of nitrogens with one attached hydrogen (secondary N) is 1. The topological polar surface area (TPSA) is 104 Å². The molecule has 1 aliphatic heterocycles. The first kappa shape index (κ1) is 20.3. The fraction of sp³-hybridized carbons (Fsp3) is 0.667. The number of carboxylic acid groups (broad SMARTS) is 1. The molecule has 0 spiro atoms. The number of rotatable bonds is 9. The summed E-state index contributed by atoms with van der Waals surface area (Å²) in [4.78, 5) is 24.3. The second kappa shape index (κ2) is 8.70. The van der Waals surface area contributed by atoms with Gasteiger partial charge in [0.1, 0.15) is 0 Å². The molecule has 1 saturated carbocycles. The Morgan fingerprint density at radius 1 is 1.22 bits per heavy atom. The molecule has 1 aliphatic carbocycles. The first-order valence-corrected chi connectivity index (χ1v) is 11.8. The lowest BCUT2D eigenvalue weighted by Crippen LogP contribution is -2.42. The molecule has 3 rings (SSSR count). The lowest BCUT2D eigenvalue weighted by Gasteiger charge is -2.31. The summed E-state index contributed by atoms with van der Waals surface area (Å²) in [5, 5.41) is 13.7. The second-order valence-electron chi connectivity index (χ2n) is 7.41. The van der Waals surface area contributed by atoms with Gasteiger partial charge in [0.05, 0.1) is 11.7 Å². The van der Waals surface area contributed by atoms with Gasteiger partial charge < -0.3 is 10.4 Å². The van der Waals surface area contributed by atoms with E-state index < -0.39 is 16.0 Å². The van der Waals surface area contributed by atoms with Crippen LogP contribution in [0.5, 0.6) is 0 Å². The Hall–Kier alpha value is -1.45. The lowest BCUT2D eigenvalue weighted by atomic mass is 9.97. The van der Waals surface area contributed by atoms with E-state index in [1.54, 1.807) is 4.31 Å². The summed E-state index contributed by atoms with van der Waals surface area (Å²) in [5.74, 6) is -1.11. The second-order valence-corrected chi connectivity index (χ2v) is 10.6. The quantitative estimate of drug-likeness (QED) is 0.643. The molecule has 1 unspecified atom stereocenters. The highest BCUT2D eigenvalue weighted by atomic mass is 32.2. The average Bonchev–Trinajstić information content (AvgIpc) is 3.35. The van der Waals surface area contributed by atoms with Crippen LogP contribution in [0.1, 0.15) is 49.3 Å². The summed E-state index contributed by atoms with van der Waals surface area (Å²) >= 11 is 1.47. The number of thiophene rings is 1. The minimum Gasteiger partial charge on any atom is -0.481 e. The highest BCUT2D eigenvalue weighted by Gasteiger charge is 2.41. The van der Waals surface area contributed by atoms with Crippen molar-refractivity contribution in [3.63, 3.8) is 0 Å². The van der Waals surface area contributed by atoms with Crippen LogP contribution in [-0.4, -0.2) is 54.6 Å². The fourth-order valence-corrected chi connectivity index (χ4v) is 6.21. The summed E-state index contributed by atoms with van der Waals surface area (Å²) in [6, 6.07) is 3.72. The Bertz CT molecular complexity index is 751. The largest absolute Gasteiger partial charge is 0.481 e.